The summed E-state index contributed by atoms with van der Waals surface area (Å²) in [6, 6.07) is 16.0. The Labute approximate surface area is 157 Å². The molecule has 0 unspecified atom stereocenters. The molecule has 0 saturated carbocycles. The van der Waals surface area contributed by atoms with Gasteiger partial charge in [0, 0.05) is 17.3 Å². The summed E-state index contributed by atoms with van der Waals surface area (Å²) in [6.07, 6.45) is 1.47. The van der Waals surface area contributed by atoms with Gasteiger partial charge in [0.05, 0.1) is 24.8 Å². The number of hydrogen-bond acceptors (Lipinski definition) is 5. The summed E-state index contributed by atoms with van der Waals surface area (Å²) < 4.78 is 37.3. The van der Waals surface area contributed by atoms with E-state index >= 15 is 0 Å². The first kappa shape index (κ1) is 18.7. The first-order valence-electron chi connectivity index (χ1n) is 8.05. The van der Waals surface area contributed by atoms with Gasteiger partial charge in [-0.3, -0.25) is 4.79 Å². The molecular weight excluding hydrogens is 368 g/mol. The molecule has 27 heavy (non-hydrogen) atoms. The molecule has 2 N–H and O–H groups in total. The molecule has 140 valence electrons. The number of carbonyl (C=O) groups excluding carboxylic acids is 1. The van der Waals surface area contributed by atoms with Crippen molar-refractivity contribution < 1.29 is 22.4 Å². The van der Waals surface area contributed by atoms with Gasteiger partial charge in [0.25, 0.3) is 5.91 Å². The van der Waals surface area contributed by atoms with E-state index in [4.69, 9.17) is 9.15 Å². The lowest BCUT2D eigenvalue weighted by molar-refractivity contribution is 0.102. The van der Waals surface area contributed by atoms with Crippen molar-refractivity contribution in [1.29, 1.82) is 0 Å². The number of furan rings is 1. The number of amides is 1. The molecule has 0 radical (unpaired) electrons. The number of sulfonamides is 1. The Hall–Kier alpha value is -3.10. The molecule has 7 nitrogen and oxygen atoms in total. The van der Waals surface area contributed by atoms with Crippen LogP contribution < -0.4 is 14.8 Å². The van der Waals surface area contributed by atoms with E-state index in [1.807, 2.05) is 0 Å². The number of rotatable bonds is 7. The van der Waals surface area contributed by atoms with E-state index in [1.165, 1.54) is 30.5 Å². The summed E-state index contributed by atoms with van der Waals surface area (Å²) in [7, 11) is -2.16. The van der Waals surface area contributed by atoms with Crippen LogP contribution in [0.3, 0.4) is 0 Å². The van der Waals surface area contributed by atoms with Crippen molar-refractivity contribution in [3.63, 3.8) is 0 Å². The highest BCUT2D eigenvalue weighted by atomic mass is 32.2. The van der Waals surface area contributed by atoms with Gasteiger partial charge in [0.1, 0.15) is 11.5 Å². The minimum absolute atomic E-state index is 0.0490. The van der Waals surface area contributed by atoms with Crippen molar-refractivity contribution in [1.82, 2.24) is 4.72 Å². The number of benzene rings is 2. The lowest BCUT2D eigenvalue weighted by Gasteiger charge is -2.08. The number of hydrogen-bond donors (Lipinski definition) is 2. The van der Waals surface area contributed by atoms with Crippen molar-refractivity contribution >= 4 is 21.6 Å². The third-order valence-corrected chi connectivity index (χ3v) is 5.19. The first-order valence-corrected chi connectivity index (χ1v) is 9.54. The van der Waals surface area contributed by atoms with Gasteiger partial charge in [-0.1, -0.05) is 6.07 Å². The van der Waals surface area contributed by atoms with E-state index in [2.05, 4.69) is 10.0 Å². The minimum Gasteiger partial charge on any atom is -0.497 e. The molecule has 8 heteroatoms. The van der Waals surface area contributed by atoms with Crippen molar-refractivity contribution in [2.24, 2.45) is 0 Å². The number of ether oxygens (including phenoxy) is 1. The summed E-state index contributed by atoms with van der Waals surface area (Å²) in [5.74, 6) is 0.778. The Bertz CT molecular complexity index is 1010. The topological polar surface area (TPSA) is 97.6 Å². The summed E-state index contributed by atoms with van der Waals surface area (Å²) in [5, 5.41) is 2.74. The maximum absolute atomic E-state index is 12.3. The van der Waals surface area contributed by atoms with Crippen LogP contribution in [0, 0.1) is 0 Å². The van der Waals surface area contributed by atoms with Gasteiger partial charge in [-0.15, -0.1) is 0 Å². The lowest BCUT2D eigenvalue weighted by Crippen LogP contribution is -2.23. The van der Waals surface area contributed by atoms with Crippen LogP contribution in [0.2, 0.25) is 0 Å². The average Bonchev–Trinajstić information content (AvgIpc) is 3.20. The highest BCUT2D eigenvalue weighted by Gasteiger charge is 2.15. The van der Waals surface area contributed by atoms with Gasteiger partial charge in [-0.2, -0.15) is 0 Å². The van der Waals surface area contributed by atoms with Crippen LogP contribution in [0.4, 0.5) is 5.69 Å². The zero-order valence-corrected chi connectivity index (χ0v) is 15.3. The van der Waals surface area contributed by atoms with Crippen LogP contribution in [0.5, 0.6) is 5.75 Å². The van der Waals surface area contributed by atoms with Gasteiger partial charge in [0.2, 0.25) is 10.0 Å². The minimum atomic E-state index is -3.70. The van der Waals surface area contributed by atoms with Gasteiger partial charge < -0.3 is 14.5 Å². The van der Waals surface area contributed by atoms with Gasteiger partial charge >= 0.3 is 0 Å². The van der Waals surface area contributed by atoms with E-state index < -0.39 is 10.0 Å². The van der Waals surface area contributed by atoms with Crippen LogP contribution >= 0.6 is 0 Å². The van der Waals surface area contributed by atoms with Gasteiger partial charge in [-0.05, 0) is 48.5 Å². The highest BCUT2D eigenvalue weighted by molar-refractivity contribution is 7.89. The fourth-order valence-corrected chi connectivity index (χ4v) is 3.35. The van der Waals surface area contributed by atoms with E-state index in [-0.39, 0.29) is 17.3 Å². The first-order chi connectivity index (χ1) is 13.0. The Kier molecular flexibility index (Phi) is 5.58. The molecule has 0 fully saturated rings. The van der Waals surface area contributed by atoms with E-state index in [0.29, 0.717) is 22.8 Å². The largest absolute Gasteiger partial charge is 0.497 e. The summed E-state index contributed by atoms with van der Waals surface area (Å²) in [5.41, 5.74) is 0.916. The quantitative estimate of drug-likeness (QED) is 0.650. The molecule has 1 aromatic heterocycles. The second-order valence-corrected chi connectivity index (χ2v) is 7.38. The molecule has 3 rings (SSSR count). The van der Waals surface area contributed by atoms with Crippen LogP contribution in [0.25, 0.3) is 0 Å². The summed E-state index contributed by atoms with van der Waals surface area (Å²) >= 11 is 0. The van der Waals surface area contributed by atoms with Crippen LogP contribution in [0.1, 0.15) is 16.1 Å². The second kappa shape index (κ2) is 8.07. The van der Waals surface area contributed by atoms with Gasteiger partial charge in [0.15, 0.2) is 0 Å². The normalized spacial score (nSPS) is 11.1. The highest BCUT2D eigenvalue weighted by Crippen LogP contribution is 2.18. The summed E-state index contributed by atoms with van der Waals surface area (Å²) in [4.78, 5) is 12.4. The van der Waals surface area contributed by atoms with Crippen LogP contribution in [-0.4, -0.2) is 21.4 Å². The summed E-state index contributed by atoms with van der Waals surface area (Å²) in [6.45, 7) is 0.0490. The second-order valence-electron chi connectivity index (χ2n) is 5.61. The zero-order chi connectivity index (χ0) is 19.3. The molecule has 1 amide bonds. The molecule has 0 aliphatic heterocycles. The molecule has 3 aromatic rings. The number of carbonyl (C=O) groups is 1. The van der Waals surface area contributed by atoms with E-state index in [0.717, 1.165) is 0 Å². The molecule has 0 aliphatic carbocycles. The fourth-order valence-electron chi connectivity index (χ4n) is 2.35. The fraction of sp³-hybridized carbons (Fsp3) is 0.105. The zero-order valence-electron chi connectivity index (χ0n) is 14.5. The van der Waals surface area contributed by atoms with Crippen molar-refractivity contribution in [2.75, 3.05) is 12.4 Å². The molecule has 0 saturated heterocycles. The Morgan fingerprint density at radius 2 is 1.85 bits per heavy atom. The lowest BCUT2D eigenvalue weighted by atomic mass is 10.2. The smallest absolute Gasteiger partial charge is 0.255 e. The standard InChI is InChI=1S/C19H18N2O5S/c1-25-16-5-2-4-15(12-16)21-19(22)14-7-9-18(10-8-14)27(23,24)20-13-17-6-3-11-26-17/h2-12,20H,13H2,1H3,(H,21,22). The molecule has 0 aliphatic rings. The third kappa shape index (κ3) is 4.75. The Morgan fingerprint density at radius 1 is 1.07 bits per heavy atom. The number of anilines is 1. The number of nitrogens with one attached hydrogen (secondary N) is 2. The van der Waals surface area contributed by atoms with Crippen LogP contribution in [0.15, 0.2) is 76.2 Å². The average molecular weight is 386 g/mol. The SMILES string of the molecule is COc1cccc(NC(=O)c2ccc(S(=O)(=O)NCc3ccco3)cc2)c1. The molecule has 0 bridgehead atoms. The number of methoxy groups -OCH3 is 1. The van der Waals surface area contributed by atoms with Crippen LogP contribution in [-0.2, 0) is 16.6 Å². The molecule has 0 spiro atoms. The molecule has 1 heterocycles. The van der Waals surface area contributed by atoms with E-state index in [9.17, 15) is 13.2 Å². The maximum atomic E-state index is 12.3. The Balaban J connectivity index is 1.67. The molecular formula is C19H18N2O5S. The van der Waals surface area contributed by atoms with Gasteiger partial charge in [-0.25, -0.2) is 13.1 Å². The van der Waals surface area contributed by atoms with Crippen molar-refractivity contribution in [3.05, 3.63) is 78.3 Å². The van der Waals surface area contributed by atoms with Crippen molar-refractivity contribution in [3.8, 4) is 5.75 Å². The predicted molar refractivity (Wildman–Crippen MR) is 100 cm³/mol. The third-order valence-electron chi connectivity index (χ3n) is 3.77. The monoisotopic (exact) mass is 386 g/mol. The predicted octanol–water partition coefficient (Wildman–Crippen LogP) is 3.02. The van der Waals surface area contributed by atoms with E-state index in [1.54, 1.807) is 43.5 Å². The maximum Gasteiger partial charge on any atom is 0.255 e. The molecule has 2 aromatic carbocycles. The Morgan fingerprint density at radius 3 is 2.52 bits per heavy atom. The van der Waals surface area contributed by atoms with Crippen molar-refractivity contribution in [2.45, 2.75) is 11.4 Å². The molecule has 0 atom stereocenters.